The zero-order valence-electron chi connectivity index (χ0n) is 10.9. The molecule has 0 aliphatic carbocycles. The molecular formula is C16H18ClN. The van der Waals surface area contributed by atoms with E-state index in [1.54, 1.807) is 0 Å². The second-order valence-corrected chi connectivity index (χ2v) is 4.91. The van der Waals surface area contributed by atoms with Crippen LogP contribution in [0.25, 0.3) is 0 Å². The molecule has 0 heterocycles. The van der Waals surface area contributed by atoms with Crippen LogP contribution in [0.3, 0.4) is 0 Å². The van der Waals surface area contributed by atoms with Crippen molar-refractivity contribution >= 4 is 17.3 Å². The van der Waals surface area contributed by atoms with Crippen LogP contribution < -0.4 is 4.90 Å². The first-order chi connectivity index (χ1) is 8.69. The van der Waals surface area contributed by atoms with E-state index in [4.69, 9.17) is 11.6 Å². The molecule has 0 unspecified atom stereocenters. The van der Waals surface area contributed by atoms with Gasteiger partial charge in [-0.25, -0.2) is 0 Å². The number of anilines is 1. The van der Waals surface area contributed by atoms with E-state index in [2.05, 4.69) is 67.4 Å². The van der Waals surface area contributed by atoms with Crippen LogP contribution in [0.1, 0.15) is 16.7 Å². The highest BCUT2D eigenvalue weighted by Gasteiger charge is 2.02. The van der Waals surface area contributed by atoms with Gasteiger partial charge in [-0.05, 0) is 30.2 Å². The van der Waals surface area contributed by atoms with Crippen LogP contribution in [0.5, 0.6) is 0 Å². The van der Waals surface area contributed by atoms with Gasteiger partial charge in [0.25, 0.3) is 0 Å². The molecular weight excluding hydrogens is 242 g/mol. The van der Waals surface area contributed by atoms with Crippen LogP contribution in [-0.4, -0.2) is 7.05 Å². The smallest absolute Gasteiger partial charge is 0.0474 e. The van der Waals surface area contributed by atoms with Gasteiger partial charge in [0.2, 0.25) is 0 Å². The van der Waals surface area contributed by atoms with E-state index in [1.165, 1.54) is 16.8 Å². The third-order valence-corrected chi connectivity index (χ3v) is 3.34. The van der Waals surface area contributed by atoms with Gasteiger partial charge in [0, 0.05) is 25.2 Å². The molecule has 0 amide bonds. The number of hydrogen-bond donors (Lipinski definition) is 0. The number of aryl methyl sites for hydroxylation is 1. The molecule has 0 spiro atoms. The second kappa shape index (κ2) is 5.92. The first-order valence-electron chi connectivity index (χ1n) is 6.10. The van der Waals surface area contributed by atoms with Gasteiger partial charge in [0.05, 0.1) is 0 Å². The van der Waals surface area contributed by atoms with E-state index in [-0.39, 0.29) is 0 Å². The predicted molar refractivity (Wildman–Crippen MR) is 79.3 cm³/mol. The van der Waals surface area contributed by atoms with Crippen molar-refractivity contribution < 1.29 is 0 Å². The monoisotopic (exact) mass is 259 g/mol. The van der Waals surface area contributed by atoms with E-state index in [0.717, 1.165) is 12.1 Å². The first-order valence-corrected chi connectivity index (χ1v) is 6.64. The molecule has 2 aromatic rings. The maximum atomic E-state index is 5.79. The SMILES string of the molecule is Cc1cccc(CN(C)c2ccc(CCl)cc2)c1. The van der Waals surface area contributed by atoms with Crippen LogP contribution in [0.2, 0.25) is 0 Å². The van der Waals surface area contributed by atoms with Crippen molar-refractivity contribution in [3.05, 3.63) is 65.2 Å². The molecule has 2 rings (SSSR count). The third-order valence-electron chi connectivity index (χ3n) is 3.03. The molecule has 0 radical (unpaired) electrons. The molecule has 2 aromatic carbocycles. The van der Waals surface area contributed by atoms with Crippen molar-refractivity contribution in [1.29, 1.82) is 0 Å². The van der Waals surface area contributed by atoms with E-state index in [1.807, 2.05) is 0 Å². The van der Waals surface area contributed by atoms with E-state index in [0.29, 0.717) is 5.88 Å². The average Bonchev–Trinajstić information content (AvgIpc) is 2.39. The summed E-state index contributed by atoms with van der Waals surface area (Å²) in [6, 6.07) is 17.0. The molecule has 0 N–H and O–H groups in total. The molecule has 0 atom stereocenters. The Morgan fingerprint density at radius 2 is 1.72 bits per heavy atom. The Morgan fingerprint density at radius 3 is 2.33 bits per heavy atom. The summed E-state index contributed by atoms with van der Waals surface area (Å²) in [5, 5.41) is 0. The third kappa shape index (κ3) is 3.27. The maximum Gasteiger partial charge on any atom is 0.0474 e. The van der Waals surface area contributed by atoms with Gasteiger partial charge in [-0.2, -0.15) is 0 Å². The van der Waals surface area contributed by atoms with E-state index < -0.39 is 0 Å². The Labute approximate surface area is 114 Å². The predicted octanol–water partition coefficient (Wildman–Crippen LogP) is 4.37. The van der Waals surface area contributed by atoms with Gasteiger partial charge >= 0.3 is 0 Å². The highest BCUT2D eigenvalue weighted by atomic mass is 35.5. The van der Waals surface area contributed by atoms with Crippen LogP contribution in [0.4, 0.5) is 5.69 Å². The molecule has 0 bridgehead atoms. The van der Waals surface area contributed by atoms with Crippen LogP contribution >= 0.6 is 11.6 Å². The fraction of sp³-hybridized carbons (Fsp3) is 0.250. The van der Waals surface area contributed by atoms with Crippen molar-refractivity contribution in [2.24, 2.45) is 0 Å². The minimum absolute atomic E-state index is 0.571. The van der Waals surface area contributed by atoms with Crippen molar-refractivity contribution in [3.8, 4) is 0 Å². The summed E-state index contributed by atoms with van der Waals surface area (Å²) < 4.78 is 0. The summed E-state index contributed by atoms with van der Waals surface area (Å²) in [5.41, 5.74) is 5.01. The average molecular weight is 260 g/mol. The number of benzene rings is 2. The largest absolute Gasteiger partial charge is 0.370 e. The molecule has 18 heavy (non-hydrogen) atoms. The van der Waals surface area contributed by atoms with Gasteiger partial charge in [0.1, 0.15) is 0 Å². The molecule has 0 fully saturated rings. The Bertz CT molecular complexity index is 505. The number of nitrogens with zero attached hydrogens (tertiary/aromatic N) is 1. The van der Waals surface area contributed by atoms with Crippen molar-refractivity contribution in [3.63, 3.8) is 0 Å². The Morgan fingerprint density at radius 1 is 1.00 bits per heavy atom. The van der Waals surface area contributed by atoms with Gasteiger partial charge < -0.3 is 4.90 Å². The lowest BCUT2D eigenvalue weighted by Gasteiger charge is -2.20. The summed E-state index contributed by atoms with van der Waals surface area (Å²) in [7, 11) is 2.11. The minimum Gasteiger partial charge on any atom is -0.370 e. The molecule has 2 heteroatoms. The molecule has 0 aromatic heterocycles. The minimum atomic E-state index is 0.571. The fourth-order valence-electron chi connectivity index (χ4n) is 2.02. The lowest BCUT2D eigenvalue weighted by atomic mass is 10.1. The number of hydrogen-bond acceptors (Lipinski definition) is 1. The number of alkyl halides is 1. The topological polar surface area (TPSA) is 3.24 Å². The lowest BCUT2D eigenvalue weighted by molar-refractivity contribution is 0.921. The summed E-state index contributed by atoms with van der Waals surface area (Å²) in [4.78, 5) is 2.24. The van der Waals surface area contributed by atoms with E-state index >= 15 is 0 Å². The van der Waals surface area contributed by atoms with Crippen LogP contribution in [-0.2, 0) is 12.4 Å². The van der Waals surface area contributed by atoms with Crippen LogP contribution in [0.15, 0.2) is 48.5 Å². The first kappa shape index (κ1) is 13.0. The van der Waals surface area contributed by atoms with Gasteiger partial charge in [-0.15, -0.1) is 11.6 Å². The van der Waals surface area contributed by atoms with Gasteiger partial charge in [-0.3, -0.25) is 0 Å². The van der Waals surface area contributed by atoms with Crippen LogP contribution in [0, 0.1) is 6.92 Å². The van der Waals surface area contributed by atoms with Gasteiger partial charge in [0.15, 0.2) is 0 Å². The number of rotatable bonds is 4. The zero-order valence-corrected chi connectivity index (χ0v) is 11.6. The summed E-state index contributed by atoms with van der Waals surface area (Å²) in [5.74, 6) is 0.571. The van der Waals surface area contributed by atoms with Crippen molar-refractivity contribution in [1.82, 2.24) is 0 Å². The quantitative estimate of drug-likeness (QED) is 0.737. The highest BCUT2D eigenvalue weighted by Crippen LogP contribution is 2.17. The standard InChI is InChI=1S/C16H18ClN/c1-13-4-3-5-15(10-13)12-18(2)16-8-6-14(11-17)7-9-16/h3-10H,11-12H2,1-2H3. The lowest BCUT2D eigenvalue weighted by Crippen LogP contribution is -2.16. The zero-order chi connectivity index (χ0) is 13.0. The molecule has 1 nitrogen and oxygen atoms in total. The fourth-order valence-corrected chi connectivity index (χ4v) is 2.19. The molecule has 94 valence electrons. The summed E-state index contributed by atoms with van der Waals surface area (Å²) >= 11 is 5.79. The van der Waals surface area contributed by atoms with Crippen molar-refractivity contribution in [2.45, 2.75) is 19.3 Å². The Kier molecular flexibility index (Phi) is 4.27. The van der Waals surface area contributed by atoms with Gasteiger partial charge in [-0.1, -0.05) is 42.0 Å². The summed E-state index contributed by atoms with van der Waals surface area (Å²) in [6.45, 7) is 3.04. The molecule has 0 saturated carbocycles. The molecule has 0 aliphatic rings. The number of halogens is 1. The molecule has 0 saturated heterocycles. The van der Waals surface area contributed by atoms with Crippen molar-refractivity contribution in [2.75, 3.05) is 11.9 Å². The normalized spacial score (nSPS) is 10.4. The molecule has 0 aliphatic heterocycles. The summed E-state index contributed by atoms with van der Waals surface area (Å²) in [6.07, 6.45) is 0. The Balaban J connectivity index is 2.09. The maximum absolute atomic E-state index is 5.79. The second-order valence-electron chi connectivity index (χ2n) is 4.65. The highest BCUT2D eigenvalue weighted by molar-refractivity contribution is 6.17. The Hall–Kier alpha value is -1.47. The van der Waals surface area contributed by atoms with E-state index in [9.17, 15) is 0 Å².